The summed E-state index contributed by atoms with van der Waals surface area (Å²) in [7, 11) is 0. The van der Waals surface area contributed by atoms with Gasteiger partial charge in [-0.25, -0.2) is 9.48 Å². The molecule has 8 heteroatoms. The average Bonchev–Trinajstić information content (AvgIpc) is 3.38. The Bertz CT molecular complexity index is 1440. The number of carbonyl (C=O) groups is 1. The third-order valence-corrected chi connectivity index (χ3v) is 7.33. The molecule has 4 aromatic rings. The lowest BCUT2D eigenvalue weighted by Gasteiger charge is -2.28. The van der Waals surface area contributed by atoms with Crippen molar-refractivity contribution in [3.63, 3.8) is 0 Å². The number of unbranched alkanes of at least 4 members (excludes halogenated alkanes) is 1. The van der Waals surface area contributed by atoms with E-state index in [1.165, 1.54) is 5.56 Å². The molecule has 1 aromatic heterocycles. The number of anilines is 1. The molecule has 0 bridgehead atoms. The molecule has 0 aliphatic carbocycles. The Kier molecular flexibility index (Phi) is 8.63. The van der Waals surface area contributed by atoms with Crippen molar-refractivity contribution in [1.82, 2.24) is 14.8 Å². The van der Waals surface area contributed by atoms with Crippen molar-refractivity contribution in [2.24, 2.45) is 0 Å². The van der Waals surface area contributed by atoms with E-state index in [-0.39, 0.29) is 6.61 Å². The number of aromatic nitrogens is 3. The Morgan fingerprint density at radius 3 is 2.49 bits per heavy atom. The molecule has 0 radical (unpaired) electrons. The topological polar surface area (TPSA) is 78.3 Å². The maximum atomic E-state index is 13.6. The molecular weight excluding hydrogens is 508 g/mol. The van der Waals surface area contributed by atoms with E-state index >= 15 is 0 Å². The fourth-order valence-electron chi connectivity index (χ4n) is 4.40. The second-order valence-corrected chi connectivity index (χ2v) is 10.3. The van der Waals surface area contributed by atoms with E-state index in [0.29, 0.717) is 29.0 Å². The van der Waals surface area contributed by atoms with Gasteiger partial charge in [0.2, 0.25) is 11.1 Å². The third-order valence-electron chi connectivity index (χ3n) is 6.42. The largest absolute Gasteiger partial charge is 0.494 e. The van der Waals surface area contributed by atoms with Crippen LogP contribution in [0.1, 0.15) is 49.4 Å². The minimum atomic E-state index is -0.516. The van der Waals surface area contributed by atoms with Gasteiger partial charge in [-0.3, -0.25) is 0 Å². The molecule has 7 nitrogen and oxygen atoms in total. The van der Waals surface area contributed by atoms with Gasteiger partial charge in [0.25, 0.3) is 0 Å². The Morgan fingerprint density at radius 2 is 1.74 bits per heavy atom. The van der Waals surface area contributed by atoms with Crippen LogP contribution in [0.25, 0.3) is 0 Å². The van der Waals surface area contributed by atoms with E-state index in [2.05, 4.69) is 24.4 Å². The monoisotopic (exact) mass is 540 g/mol. The van der Waals surface area contributed by atoms with Gasteiger partial charge in [0.1, 0.15) is 18.4 Å². The van der Waals surface area contributed by atoms with Crippen molar-refractivity contribution in [1.29, 1.82) is 0 Å². The third kappa shape index (κ3) is 6.52. The Morgan fingerprint density at radius 1 is 1.00 bits per heavy atom. The normalized spacial score (nSPS) is 14.5. The Hall–Kier alpha value is -4.04. The lowest BCUT2D eigenvalue weighted by atomic mass is 9.95. The van der Waals surface area contributed by atoms with Gasteiger partial charge in [-0.1, -0.05) is 97.9 Å². The van der Waals surface area contributed by atoms with Gasteiger partial charge in [-0.2, -0.15) is 4.98 Å². The molecule has 1 unspecified atom stereocenters. The van der Waals surface area contributed by atoms with Crippen LogP contribution in [0.4, 0.5) is 5.95 Å². The van der Waals surface area contributed by atoms with Crippen molar-refractivity contribution in [3.8, 4) is 5.75 Å². The number of carbonyl (C=O) groups excluding carboxylic acids is 1. The number of thioether (sulfide) groups is 1. The van der Waals surface area contributed by atoms with Crippen molar-refractivity contribution in [3.05, 3.63) is 113 Å². The van der Waals surface area contributed by atoms with Gasteiger partial charge < -0.3 is 14.8 Å². The van der Waals surface area contributed by atoms with Crippen LogP contribution >= 0.6 is 11.8 Å². The lowest BCUT2D eigenvalue weighted by Crippen LogP contribution is -2.29. The van der Waals surface area contributed by atoms with Crippen LogP contribution in [0.15, 0.2) is 101 Å². The zero-order valence-corrected chi connectivity index (χ0v) is 23.0. The smallest absolute Gasteiger partial charge is 0.338 e. The number of hydrogen-bond donors (Lipinski definition) is 1. The summed E-state index contributed by atoms with van der Waals surface area (Å²) < 4.78 is 13.6. The van der Waals surface area contributed by atoms with Gasteiger partial charge in [0.15, 0.2) is 0 Å². The first kappa shape index (κ1) is 26.6. The van der Waals surface area contributed by atoms with E-state index in [1.54, 1.807) is 16.4 Å². The molecule has 0 amide bonds. The molecule has 0 spiro atoms. The molecule has 0 saturated carbocycles. The fourth-order valence-corrected chi connectivity index (χ4v) is 5.18. The molecular formula is C31H32N4O3S. The van der Waals surface area contributed by atoms with Crippen LogP contribution < -0.4 is 10.1 Å². The fraction of sp³-hybridized carbons (Fsp3) is 0.258. The predicted molar refractivity (Wildman–Crippen MR) is 154 cm³/mol. The van der Waals surface area contributed by atoms with E-state index in [9.17, 15) is 4.79 Å². The average molecular weight is 541 g/mol. The van der Waals surface area contributed by atoms with Crippen LogP contribution in [0.3, 0.4) is 0 Å². The highest BCUT2D eigenvalue weighted by atomic mass is 32.2. The highest BCUT2D eigenvalue weighted by molar-refractivity contribution is 7.98. The van der Waals surface area contributed by atoms with Crippen LogP contribution in [-0.4, -0.2) is 27.3 Å². The Labute approximate surface area is 233 Å². The second kappa shape index (κ2) is 12.7. The lowest BCUT2D eigenvalue weighted by molar-refractivity contribution is -0.140. The summed E-state index contributed by atoms with van der Waals surface area (Å²) in [6.45, 7) is 4.84. The first-order chi connectivity index (χ1) is 19.1. The predicted octanol–water partition coefficient (Wildman–Crippen LogP) is 6.78. The molecule has 3 aromatic carbocycles. The number of allylic oxidation sites excluding steroid dienone is 1. The van der Waals surface area contributed by atoms with Crippen molar-refractivity contribution < 1.29 is 14.3 Å². The van der Waals surface area contributed by atoms with Crippen LogP contribution in [0.5, 0.6) is 5.75 Å². The number of nitrogens with zero attached hydrogens (tertiary/aromatic N) is 3. The summed E-state index contributed by atoms with van der Waals surface area (Å²) in [6, 6.07) is 27.2. The first-order valence-corrected chi connectivity index (χ1v) is 14.2. The number of esters is 1. The number of ether oxygens (including phenoxy) is 2. The van der Waals surface area contributed by atoms with Crippen LogP contribution in [0, 0.1) is 0 Å². The van der Waals surface area contributed by atoms with Gasteiger partial charge in [0.05, 0.1) is 12.2 Å². The van der Waals surface area contributed by atoms with E-state index < -0.39 is 12.0 Å². The SMILES string of the molecule is CCCCOc1cccc(C2C(C(=O)OCc3ccccc3)=C(C)Nc3nc(SCc4ccccc4)nn32)c1. The summed E-state index contributed by atoms with van der Waals surface area (Å²) in [6.07, 6.45) is 2.03. The number of rotatable bonds is 11. The molecule has 1 aliphatic heterocycles. The standard InChI is InChI=1S/C31H32N4O3S/c1-3-4-18-37-26-17-11-16-25(19-26)28-27(29(36)38-20-23-12-7-5-8-13-23)22(2)32-30-33-31(34-35(28)30)39-21-24-14-9-6-10-15-24/h5-17,19,28H,3-4,18,20-21H2,1-2H3,(H,32,33,34). The molecule has 1 aliphatic rings. The van der Waals surface area contributed by atoms with Gasteiger partial charge in [0, 0.05) is 11.4 Å². The maximum absolute atomic E-state index is 13.6. The van der Waals surface area contributed by atoms with Gasteiger partial charge in [-0.05, 0) is 42.2 Å². The van der Waals surface area contributed by atoms with Gasteiger partial charge in [-0.15, -0.1) is 5.10 Å². The summed E-state index contributed by atoms with van der Waals surface area (Å²) in [5, 5.41) is 8.76. The number of hydrogen-bond acceptors (Lipinski definition) is 7. The number of fused-ring (bicyclic) bond motifs is 1. The molecule has 2 heterocycles. The molecule has 200 valence electrons. The highest BCUT2D eigenvalue weighted by Crippen LogP contribution is 2.38. The molecule has 5 rings (SSSR count). The molecule has 1 N–H and O–H groups in total. The van der Waals surface area contributed by atoms with Crippen LogP contribution in [0.2, 0.25) is 0 Å². The zero-order chi connectivity index (χ0) is 27.0. The van der Waals surface area contributed by atoms with Crippen molar-refractivity contribution in [2.45, 2.75) is 50.2 Å². The minimum absolute atomic E-state index is 0.186. The van der Waals surface area contributed by atoms with E-state index in [4.69, 9.17) is 19.6 Å². The number of benzene rings is 3. The zero-order valence-electron chi connectivity index (χ0n) is 22.2. The Balaban J connectivity index is 1.45. The second-order valence-electron chi connectivity index (χ2n) is 9.34. The minimum Gasteiger partial charge on any atom is -0.494 e. The number of nitrogens with one attached hydrogen (secondary N) is 1. The molecule has 1 atom stereocenters. The van der Waals surface area contributed by atoms with Crippen molar-refractivity contribution in [2.75, 3.05) is 11.9 Å². The summed E-state index contributed by atoms with van der Waals surface area (Å²) in [5.74, 6) is 1.69. The maximum Gasteiger partial charge on any atom is 0.338 e. The molecule has 0 saturated heterocycles. The molecule has 0 fully saturated rings. The quantitative estimate of drug-likeness (QED) is 0.128. The van der Waals surface area contributed by atoms with E-state index in [0.717, 1.165) is 35.5 Å². The first-order valence-electron chi connectivity index (χ1n) is 13.2. The summed E-state index contributed by atoms with van der Waals surface area (Å²) in [4.78, 5) is 18.3. The summed E-state index contributed by atoms with van der Waals surface area (Å²) >= 11 is 1.56. The van der Waals surface area contributed by atoms with Gasteiger partial charge >= 0.3 is 5.97 Å². The summed E-state index contributed by atoms with van der Waals surface area (Å²) in [5.41, 5.74) is 4.18. The highest BCUT2D eigenvalue weighted by Gasteiger charge is 2.35. The molecule has 39 heavy (non-hydrogen) atoms. The van der Waals surface area contributed by atoms with Crippen molar-refractivity contribution >= 4 is 23.7 Å². The van der Waals surface area contributed by atoms with Crippen LogP contribution in [-0.2, 0) is 21.9 Å². The van der Waals surface area contributed by atoms with E-state index in [1.807, 2.05) is 79.7 Å².